The van der Waals surface area contributed by atoms with Gasteiger partial charge in [0, 0.05) is 16.7 Å². The second kappa shape index (κ2) is 7.41. The summed E-state index contributed by atoms with van der Waals surface area (Å²) in [4.78, 5) is 11.6. The molecule has 0 heterocycles. The summed E-state index contributed by atoms with van der Waals surface area (Å²) in [5.41, 5.74) is 2.13. The quantitative estimate of drug-likeness (QED) is 0.846. The first-order chi connectivity index (χ1) is 8.49. The van der Waals surface area contributed by atoms with Crippen LogP contribution < -0.4 is 10.6 Å². The average Bonchev–Trinajstić information content (AvgIpc) is 2.30. The van der Waals surface area contributed by atoms with Crippen LogP contribution in [-0.4, -0.2) is 19.0 Å². The zero-order valence-electron chi connectivity index (χ0n) is 11.2. The van der Waals surface area contributed by atoms with E-state index in [4.69, 9.17) is 0 Å². The maximum absolute atomic E-state index is 11.6. The highest BCUT2D eigenvalue weighted by molar-refractivity contribution is 9.10. The van der Waals surface area contributed by atoms with Gasteiger partial charge in [-0.1, -0.05) is 35.8 Å². The minimum absolute atomic E-state index is 0.0346. The lowest BCUT2D eigenvalue weighted by molar-refractivity contribution is -0.119. The molecule has 4 heteroatoms. The van der Waals surface area contributed by atoms with Crippen LogP contribution in [0.1, 0.15) is 25.8 Å². The molecule has 0 aliphatic rings. The highest BCUT2D eigenvalue weighted by Gasteiger charge is 2.02. The van der Waals surface area contributed by atoms with Crippen LogP contribution in [0.3, 0.4) is 0 Å². The Morgan fingerprint density at radius 1 is 1.39 bits per heavy atom. The van der Waals surface area contributed by atoms with Crippen molar-refractivity contribution in [3.05, 3.63) is 28.2 Å². The van der Waals surface area contributed by atoms with Gasteiger partial charge < -0.3 is 10.6 Å². The third-order valence-corrected chi connectivity index (χ3v) is 3.52. The predicted molar refractivity (Wildman–Crippen MR) is 79.8 cm³/mol. The molecule has 1 aromatic rings. The van der Waals surface area contributed by atoms with Crippen LogP contribution >= 0.6 is 15.9 Å². The lowest BCUT2D eigenvalue weighted by Gasteiger charge is -2.09. The normalized spacial score (nSPS) is 10.5. The summed E-state index contributed by atoms with van der Waals surface area (Å²) in [7, 11) is 0. The summed E-state index contributed by atoms with van der Waals surface area (Å²) >= 11 is 3.47. The molecule has 0 unspecified atom stereocenters. The summed E-state index contributed by atoms with van der Waals surface area (Å²) in [6, 6.07) is 5.97. The Hall–Kier alpha value is -1.03. The highest BCUT2D eigenvalue weighted by Crippen LogP contribution is 2.20. The number of anilines is 1. The maximum atomic E-state index is 11.6. The number of benzene rings is 1. The lowest BCUT2D eigenvalue weighted by Crippen LogP contribution is -2.31. The van der Waals surface area contributed by atoms with Gasteiger partial charge >= 0.3 is 0 Å². The molecule has 1 amide bonds. The van der Waals surface area contributed by atoms with E-state index >= 15 is 0 Å². The van der Waals surface area contributed by atoms with Crippen molar-refractivity contribution in [1.82, 2.24) is 5.32 Å². The highest BCUT2D eigenvalue weighted by atomic mass is 79.9. The van der Waals surface area contributed by atoms with Crippen LogP contribution in [-0.2, 0) is 4.79 Å². The number of hydrogen-bond donors (Lipinski definition) is 2. The topological polar surface area (TPSA) is 41.1 Å². The van der Waals surface area contributed by atoms with Gasteiger partial charge in [0.25, 0.3) is 0 Å². The fraction of sp³-hybridized carbons (Fsp3) is 0.500. The molecule has 0 fully saturated rings. The minimum atomic E-state index is 0.0346. The Kier molecular flexibility index (Phi) is 6.19. The van der Waals surface area contributed by atoms with E-state index in [-0.39, 0.29) is 5.91 Å². The molecular formula is C14H21BrN2O. The zero-order valence-corrected chi connectivity index (χ0v) is 12.8. The Labute approximate surface area is 117 Å². The molecule has 0 aliphatic heterocycles. The molecule has 1 aromatic carbocycles. The van der Waals surface area contributed by atoms with E-state index < -0.39 is 0 Å². The predicted octanol–water partition coefficient (Wildman–Crippen LogP) is 3.33. The third-order valence-electron chi connectivity index (χ3n) is 2.67. The smallest absolute Gasteiger partial charge is 0.239 e. The number of nitrogens with one attached hydrogen (secondary N) is 2. The summed E-state index contributed by atoms with van der Waals surface area (Å²) < 4.78 is 1.05. The van der Waals surface area contributed by atoms with Gasteiger partial charge in [-0.25, -0.2) is 0 Å². The van der Waals surface area contributed by atoms with Crippen molar-refractivity contribution in [3.8, 4) is 0 Å². The first-order valence-corrected chi connectivity index (χ1v) is 7.05. The van der Waals surface area contributed by atoms with Crippen molar-refractivity contribution < 1.29 is 4.79 Å². The van der Waals surface area contributed by atoms with Crippen LogP contribution in [0.15, 0.2) is 22.7 Å². The molecule has 2 N–H and O–H groups in total. The fourth-order valence-electron chi connectivity index (χ4n) is 1.45. The lowest BCUT2D eigenvalue weighted by atomic mass is 10.1. The van der Waals surface area contributed by atoms with Gasteiger partial charge in [-0.15, -0.1) is 0 Å². The zero-order chi connectivity index (χ0) is 13.5. The monoisotopic (exact) mass is 312 g/mol. The molecule has 0 aromatic heterocycles. The minimum Gasteiger partial charge on any atom is -0.376 e. The number of carbonyl (C=O) groups is 1. The van der Waals surface area contributed by atoms with Crippen molar-refractivity contribution in [2.24, 2.45) is 5.92 Å². The van der Waals surface area contributed by atoms with Crippen molar-refractivity contribution in [2.45, 2.75) is 27.2 Å². The molecule has 0 atom stereocenters. The van der Waals surface area contributed by atoms with Gasteiger partial charge in [-0.3, -0.25) is 4.79 Å². The Balaban J connectivity index is 2.31. The van der Waals surface area contributed by atoms with Crippen LogP contribution in [0.2, 0.25) is 0 Å². The SMILES string of the molecule is Cc1ccc(NCC(=O)NCCC(C)C)cc1Br. The Morgan fingerprint density at radius 3 is 2.72 bits per heavy atom. The number of amides is 1. The standard InChI is InChI=1S/C14H21BrN2O/c1-10(2)6-7-16-14(18)9-17-12-5-4-11(3)13(15)8-12/h4-5,8,10,17H,6-7,9H2,1-3H3,(H,16,18). The maximum Gasteiger partial charge on any atom is 0.239 e. The summed E-state index contributed by atoms with van der Waals surface area (Å²) in [5, 5.41) is 6.01. The third kappa shape index (κ3) is 5.54. The van der Waals surface area contributed by atoms with E-state index in [0.717, 1.165) is 23.1 Å². The number of halogens is 1. The average molecular weight is 313 g/mol. The first kappa shape index (κ1) is 15.0. The van der Waals surface area contributed by atoms with E-state index in [1.54, 1.807) is 0 Å². The van der Waals surface area contributed by atoms with Gasteiger partial charge in [0.05, 0.1) is 6.54 Å². The molecule has 18 heavy (non-hydrogen) atoms. The Morgan fingerprint density at radius 2 is 2.11 bits per heavy atom. The molecule has 0 aliphatic carbocycles. The molecular weight excluding hydrogens is 292 g/mol. The van der Waals surface area contributed by atoms with Crippen LogP contribution in [0, 0.1) is 12.8 Å². The van der Waals surface area contributed by atoms with E-state index in [9.17, 15) is 4.79 Å². The molecule has 3 nitrogen and oxygen atoms in total. The van der Waals surface area contributed by atoms with Crippen molar-refractivity contribution >= 4 is 27.5 Å². The van der Waals surface area contributed by atoms with Crippen LogP contribution in [0.25, 0.3) is 0 Å². The van der Waals surface area contributed by atoms with E-state index in [0.29, 0.717) is 12.5 Å². The summed E-state index contributed by atoms with van der Waals surface area (Å²) in [5.74, 6) is 0.652. The molecule has 0 spiro atoms. The van der Waals surface area contributed by atoms with Crippen molar-refractivity contribution in [3.63, 3.8) is 0 Å². The first-order valence-electron chi connectivity index (χ1n) is 6.25. The second-order valence-electron chi connectivity index (χ2n) is 4.85. The molecule has 0 bridgehead atoms. The fourth-order valence-corrected chi connectivity index (χ4v) is 1.83. The van der Waals surface area contributed by atoms with Gasteiger partial charge in [0.1, 0.15) is 0 Å². The second-order valence-corrected chi connectivity index (χ2v) is 5.70. The number of aryl methyl sites for hydroxylation is 1. The Bertz CT molecular complexity index is 405. The molecule has 1 rings (SSSR count). The number of hydrogen-bond acceptors (Lipinski definition) is 2. The molecule has 0 radical (unpaired) electrons. The van der Waals surface area contributed by atoms with Gasteiger partial charge in [0.2, 0.25) is 5.91 Å². The van der Waals surface area contributed by atoms with Crippen LogP contribution in [0.5, 0.6) is 0 Å². The summed E-state index contributed by atoms with van der Waals surface area (Å²) in [6.45, 7) is 7.39. The summed E-state index contributed by atoms with van der Waals surface area (Å²) in [6.07, 6.45) is 1.02. The molecule has 0 saturated carbocycles. The number of rotatable bonds is 6. The van der Waals surface area contributed by atoms with Gasteiger partial charge in [-0.2, -0.15) is 0 Å². The van der Waals surface area contributed by atoms with E-state index in [1.807, 2.05) is 25.1 Å². The van der Waals surface area contributed by atoms with Crippen LogP contribution in [0.4, 0.5) is 5.69 Å². The van der Waals surface area contributed by atoms with Gasteiger partial charge in [0.15, 0.2) is 0 Å². The number of carbonyl (C=O) groups excluding carboxylic acids is 1. The molecule has 100 valence electrons. The largest absolute Gasteiger partial charge is 0.376 e. The van der Waals surface area contributed by atoms with Crippen molar-refractivity contribution in [1.29, 1.82) is 0 Å². The molecule has 0 saturated heterocycles. The van der Waals surface area contributed by atoms with E-state index in [1.165, 1.54) is 5.56 Å². The van der Waals surface area contributed by atoms with Crippen molar-refractivity contribution in [2.75, 3.05) is 18.4 Å². The van der Waals surface area contributed by atoms with E-state index in [2.05, 4.69) is 40.4 Å². The van der Waals surface area contributed by atoms with Gasteiger partial charge in [-0.05, 0) is 37.0 Å².